The van der Waals surface area contributed by atoms with Gasteiger partial charge in [0.2, 0.25) is 0 Å². The van der Waals surface area contributed by atoms with Crippen LogP contribution in [0.5, 0.6) is 5.75 Å². The van der Waals surface area contributed by atoms with Gasteiger partial charge < -0.3 is 5.11 Å². The Morgan fingerprint density at radius 1 is 0.800 bits per heavy atom. The maximum atomic E-state index is 12.7. The fourth-order valence-corrected chi connectivity index (χ4v) is 3.63. The van der Waals surface area contributed by atoms with Crippen molar-refractivity contribution in [2.45, 2.75) is 46.0 Å². The molecule has 3 aromatic rings. The summed E-state index contributed by atoms with van der Waals surface area (Å²) in [5.74, 6) is -0.383. The van der Waals surface area contributed by atoms with Gasteiger partial charge in [-0.05, 0) is 53.8 Å². The van der Waals surface area contributed by atoms with Crippen LogP contribution in [0.2, 0.25) is 0 Å². The second-order valence-electron chi connectivity index (χ2n) is 8.30. The highest BCUT2D eigenvalue weighted by molar-refractivity contribution is 6.02. The van der Waals surface area contributed by atoms with Crippen molar-refractivity contribution < 1.29 is 14.7 Å². The van der Waals surface area contributed by atoms with Crippen molar-refractivity contribution in [3.8, 4) is 5.75 Å². The topological polar surface area (TPSA) is 54.4 Å². The first-order valence-corrected chi connectivity index (χ1v) is 10.3. The minimum absolute atomic E-state index is 0.0720. The van der Waals surface area contributed by atoms with E-state index in [-0.39, 0.29) is 29.2 Å². The van der Waals surface area contributed by atoms with Gasteiger partial charge >= 0.3 is 0 Å². The van der Waals surface area contributed by atoms with Crippen LogP contribution < -0.4 is 0 Å². The molecule has 0 saturated carbocycles. The molecule has 0 radical (unpaired) electrons. The van der Waals surface area contributed by atoms with Crippen LogP contribution in [0.25, 0.3) is 0 Å². The summed E-state index contributed by atoms with van der Waals surface area (Å²) >= 11 is 0. The lowest BCUT2D eigenvalue weighted by Gasteiger charge is -2.26. The van der Waals surface area contributed by atoms with E-state index in [1.54, 1.807) is 6.07 Å². The summed E-state index contributed by atoms with van der Waals surface area (Å²) in [6.45, 7) is 7.96. The van der Waals surface area contributed by atoms with Crippen LogP contribution in [0.1, 0.15) is 70.7 Å². The van der Waals surface area contributed by atoms with Crippen LogP contribution in [-0.2, 0) is 18.3 Å². The molecular weight excluding hydrogens is 372 g/mol. The number of carbonyl (C=O) groups is 2. The van der Waals surface area contributed by atoms with Crippen LogP contribution in [0.15, 0.2) is 66.7 Å². The molecule has 0 aliphatic carbocycles. The molecule has 0 fully saturated rings. The van der Waals surface area contributed by atoms with E-state index in [1.807, 2.05) is 12.1 Å². The minimum atomic E-state index is -0.182. The van der Waals surface area contributed by atoms with Crippen molar-refractivity contribution >= 4 is 11.6 Å². The first-order valence-electron chi connectivity index (χ1n) is 10.3. The van der Waals surface area contributed by atoms with Gasteiger partial charge in [0.05, 0.1) is 0 Å². The third-order valence-corrected chi connectivity index (χ3v) is 5.77. The third kappa shape index (κ3) is 4.68. The minimum Gasteiger partial charge on any atom is -0.508 e. The maximum Gasteiger partial charge on any atom is 0.167 e. The standard InChI is InChI=1S/C27H28O3/c1-5-19-6-10-23(11-7-19)27(3,4)24-12-8-20(9-13-24)14-26(30)22-15-21(18(2)28)16-25(29)17-22/h6-13,15-17,29H,5,14H2,1-4H3. The van der Waals surface area contributed by atoms with Gasteiger partial charge in [0, 0.05) is 23.0 Å². The van der Waals surface area contributed by atoms with E-state index >= 15 is 0 Å². The molecule has 154 valence electrons. The largest absolute Gasteiger partial charge is 0.508 e. The Morgan fingerprint density at radius 3 is 1.80 bits per heavy atom. The molecule has 0 aliphatic rings. The smallest absolute Gasteiger partial charge is 0.167 e. The van der Waals surface area contributed by atoms with E-state index in [9.17, 15) is 14.7 Å². The molecule has 0 aliphatic heterocycles. The maximum absolute atomic E-state index is 12.7. The first-order chi connectivity index (χ1) is 14.2. The summed E-state index contributed by atoms with van der Waals surface area (Å²) in [6, 6.07) is 21.1. The molecule has 3 nitrogen and oxygen atoms in total. The highest BCUT2D eigenvalue weighted by Crippen LogP contribution is 2.32. The van der Waals surface area contributed by atoms with Gasteiger partial charge in [0.1, 0.15) is 5.75 Å². The number of ketones is 2. The Kier molecular flexibility index (Phi) is 6.21. The normalized spacial score (nSPS) is 11.3. The zero-order valence-corrected chi connectivity index (χ0v) is 18.0. The number of phenolic OH excluding ortho intramolecular Hbond substituents is 1. The average Bonchev–Trinajstić information content (AvgIpc) is 2.73. The summed E-state index contributed by atoms with van der Waals surface area (Å²) in [4.78, 5) is 24.3. The molecule has 3 rings (SSSR count). The molecule has 0 heterocycles. The van der Waals surface area contributed by atoms with E-state index in [4.69, 9.17) is 0 Å². The average molecular weight is 401 g/mol. The Morgan fingerprint density at radius 2 is 1.30 bits per heavy atom. The van der Waals surface area contributed by atoms with E-state index in [0.29, 0.717) is 11.1 Å². The zero-order chi connectivity index (χ0) is 21.9. The van der Waals surface area contributed by atoms with Crippen LogP contribution >= 0.6 is 0 Å². The number of phenols is 1. The molecule has 0 spiro atoms. The monoisotopic (exact) mass is 400 g/mol. The molecule has 0 bridgehead atoms. The van der Waals surface area contributed by atoms with Crippen molar-refractivity contribution in [2.75, 3.05) is 0 Å². The molecule has 1 N–H and O–H groups in total. The van der Waals surface area contributed by atoms with Gasteiger partial charge in [-0.3, -0.25) is 9.59 Å². The lowest BCUT2D eigenvalue weighted by atomic mass is 9.77. The second-order valence-corrected chi connectivity index (χ2v) is 8.30. The van der Waals surface area contributed by atoms with Gasteiger partial charge in [0.25, 0.3) is 0 Å². The predicted octanol–water partition coefficient (Wildman–Crippen LogP) is 5.91. The first kappa shape index (κ1) is 21.5. The van der Waals surface area contributed by atoms with Crippen LogP contribution in [0.4, 0.5) is 0 Å². The summed E-state index contributed by atoms with van der Waals surface area (Å²) in [6.07, 6.45) is 1.24. The zero-order valence-electron chi connectivity index (χ0n) is 18.0. The number of carbonyl (C=O) groups excluding carboxylic acids is 2. The van der Waals surface area contributed by atoms with Crippen LogP contribution in [0.3, 0.4) is 0 Å². The lowest BCUT2D eigenvalue weighted by molar-refractivity contribution is 0.0992. The number of benzene rings is 3. The number of aromatic hydroxyl groups is 1. The second kappa shape index (κ2) is 8.66. The van der Waals surface area contributed by atoms with Gasteiger partial charge in [-0.15, -0.1) is 0 Å². The molecular formula is C27H28O3. The van der Waals surface area contributed by atoms with Crippen LogP contribution in [0, 0.1) is 0 Å². The highest BCUT2D eigenvalue weighted by atomic mass is 16.3. The van der Waals surface area contributed by atoms with Crippen molar-refractivity contribution in [2.24, 2.45) is 0 Å². The molecule has 30 heavy (non-hydrogen) atoms. The number of hydrogen-bond acceptors (Lipinski definition) is 3. The molecule has 0 saturated heterocycles. The molecule has 0 amide bonds. The van der Waals surface area contributed by atoms with E-state index < -0.39 is 0 Å². The SMILES string of the molecule is CCc1ccc(C(C)(C)c2ccc(CC(=O)c3cc(O)cc(C(C)=O)c3)cc2)cc1. The van der Waals surface area contributed by atoms with Gasteiger partial charge in [-0.1, -0.05) is 69.3 Å². The molecule has 0 aromatic heterocycles. The van der Waals surface area contributed by atoms with Gasteiger partial charge in [0.15, 0.2) is 11.6 Å². The van der Waals surface area contributed by atoms with Crippen molar-refractivity contribution in [3.05, 3.63) is 100 Å². The molecule has 0 atom stereocenters. The summed E-state index contributed by atoms with van der Waals surface area (Å²) in [5, 5.41) is 9.82. The van der Waals surface area contributed by atoms with Crippen molar-refractivity contribution in [1.82, 2.24) is 0 Å². The predicted molar refractivity (Wildman–Crippen MR) is 121 cm³/mol. The number of rotatable bonds is 7. The third-order valence-electron chi connectivity index (χ3n) is 5.77. The number of hydrogen-bond donors (Lipinski definition) is 1. The van der Waals surface area contributed by atoms with E-state index in [2.05, 4.69) is 57.2 Å². The van der Waals surface area contributed by atoms with Crippen molar-refractivity contribution in [1.29, 1.82) is 0 Å². The number of aryl methyl sites for hydroxylation is 1. The summed E-state index contributed by atoms with van der Waals surface area (Å²) in [7, 11) is 0. The van der Waals surface area contributed by atoms with Crippen LogP contribution in [-0.4, -0.2) is 16.7 Å². The van der Waals surface area contributed by atoms with E-state index in [0.717, 1.165) is 12.0 Å². The fraction of sp³-hybridized carbons (Fsp3) is 0.259. The van der Waals surface area contributed by atoms with E-state index in [1.165, 1.54) is 35.7 Å². The Bertz CT molecular complexity index is 1060. The lowest BCUT2D eigenvalue weighted by Crippen LogP contribution is -2.19. The number of Topliss-reactive ketones (excluding diaryl/α,β-unsaturated/α-hetero) is 2. The highest BCUT2D eigenvalue weighted by Gasteiger charge is 2.23. The van der Waals surface area contributed by atoms with Crippen molar-refractivity contribution in [3.63, 3.8) is 0 Å². The Balaban J connectivity index is 1.78. The summed E-state index contributed by atoms with van der Waals surface area (Å²) in [5.41, 5.74) is 5.19. The molecule has 3 heteroatoms. The summed E-state index contributed by atoms with van der Waals surface area (Å²) < 4.78 is 0. The van der Waals surface area contributed by atoms with Gasteiger partial charge in [-0.25, -0.2) is 0 Å². The molecule has 0 unspecified atom stereocenters. The Hall–Kier alpha value is -3.20. The Labute approximate surface area is 178 Å². The quantitative estimate of drug-likeness (QED) is 0.502. The molecule has 3 aromatic carbocycles. The fourth-order valence-electron chi connectivity index (χ4n) is 3.63. The van der Waals surface area contributed by atoms with Gasteiger partial charge in [-0.2, -0.15) is 0 Å².